The SMILES string of the molecule is Cc1ccc(C(C)NC2c3ccccc3CC2O)c(C)c1. The molecule has 0 fully saturated rings. The van der Waals surface area contributed by atoms with Gasteiger partial charge < -0.3 is 10.4 Å². The van der Waals surface area contributed by atoms with Crippen molar-refractivity contribution in [2.45, 2.75) is 45.4 Å². The van der Waals surface area contributed by atoms with Crippen LogP contribution in [0.2, 0.25) is 0 Å². The monoisotopic (exact) mass is 281 g/mol. The molecule has 0 heterocycles. The number of fused-ring (bicyclic) bond motifs is 1. The maximum atomic E-state index is 10.4. The number of hydrogen-bond acceptors (Lipinski definition) is 2. The Kier molecular flexibility index (Phi) is 3.83. The van der Waals surface area contributed by atoms with E-state index in [1.807, 2.05) is 12.1 Å². The van der Waals surface area contributed by atoms with Gasteiger partial charge in [-0.2, -0.15) is 0 Å². The van der Waals surface area contributed by atoms with Crippen LogP contribution in [0.1, 0.15) is 46.8 Å². The summed E-state index contributed by atoms with van der Waals surface area (Å²) < 4.78 is 0. The van der Waals surface area contributed by atoms with Crippen molar-refractivity contribution in [2.24, 2.45) is 0 Å². The van der Waals surface area contributed by atoms with Crippen LogP contribution in [0.5, 0.6) is 0 Å². The topological polar surface area (TPSA) is 32.3 Å². The van der Waals surface area contributed by atoms with Crippen LogP contribution in [0.25, 0.3) is 0 Å². The molecular formula is C19H23NO. The number of aliphatic hydroxyl groups excluding tert-OH is 1. The van der Waals surface area contributed by atoms with Crippen molar-refractivity contribution in [1.29, 1.82) is 0 Å². The van der Waals surface area contributed by atoms with E-state index in [0.717, 1.165) is 6.42 Å². The Hall–Kier alpha value is -1.64. The minimum Gasteiger partial charge on any atom is -0.391 e. The first kappa shape index (κ1) is 14.3. The number of benzene rings is 2. The number of hydrogen-bond donors (Lipinski definition) is 2. The van der Waals surface area contributed by atoms with Gasteiger partial charge in [-0.1, -0.05) is 48.0 Å². The highest BCUT2D eigenvalue weighted by Crippen LogP contribution is 2.33. The Bertz CT molecular complexity index is 650. The Morgan fingerprint density at radius 1 is 1.14 bits per heavy atom. The highest BCUT2D eigenvalue weighted by Gasteiger charge is 2.31. The van der Waals surface area contributed by atoms with Gasteiger partial charge in [0.2, 0.25) is 0 Å². The molecule has 2 heteroatoms. The highest BCUT2D eigenvalue weighted by atomic mass is 16.3. The zero-order chi connectivity index (χ0) is 15.0. The second kappa shape index (κ2) is 5.63. The van der Waals surface area contributed by atoms with Gasteiger partial charge >= 0.3 is 0 Å². The van der Waals surface area contributed by atoms with E-state index in [-0.39, 0.29) is 18.2 Å². The second-order valence-electron chi connectivity index (χ2n) is 6.20. The lowest BCUT2D eigenvalue weighted by molar-refractivity contribution is 0.136. The number of rotatable bonds is 3. The van der Waals surface area contributed by atoms with Crippen molar-refractivity contribution < 1.29 is 5.11 Å². The summed E-state index contributed by atoms with van der Waals surface area (Å²) in [5, 5.41) is 14.0. The van der Waals surface area contributed by atoms with Gasteiger partial charge in [-0.05, 0) is 43.0 Å². The van der Waals surface area contributed by atoms with Crippen molar-refractivity contribution >= 4 is 0 Å². The van der Waals surface area contributed by atoms with E-state index in [2.05, 4.69) is 56.4 Å². The molecule has 0 radical (unpaired) electrons. The van der Waals surface area contributed by atoms with Crippen LogP contribution in [-0.2, 0) is 6.42 Å². The summed E-state index contributed by atoms with van der Waals surface area (Å²) in [6.07, 6.45) is 0.406. The van der Waals surface area contributed by atoms with Gasteiger partial charge in [0.15, 0.2) is 0 Å². The molecule has 2 nitrogen and oxygen atoms in total. The van der Waals surface area contributed by atoms with Crippen LogP contribution >= 0.6 is 0 Å². The molecule has 3 rings (SSSR count). The van der Waals surface area contributed by atoms with Crippen molar-refractivity contribution in [1.82, 2.24) is 5.32 Å². The van der Waals surface area contributed by atoms with Crippen molar-refractivity contribution in [3.8, 4) is 0 Å². The molecule has 2 N–H and O–H groups in total. The van der Waals surface area contributed by atoms with E-state index in [9.17, 15) is 5.11 Å². The molecule has 3 atom stereocenters. The molecule has 0 saturated carbocycles. The highest BCUT2D eigenvalue weighted by molar-refractivity contribution is 5.38. The normalized spacial score (nSPS) is 22.1. The number of aliphatic hydroxyl groups is 1. The van der Waals surface area contributed by atoms with Gasteiger partial charge in [0.05, 0.1) is 12.1 Å². The smallest absolute Gasteiger partial charge is 0.0775 e. The Morgan fingerprint density at radius 2 is 1.90 bits per heavy atom. The molecule has 3 unspecified atom stereocenters. The third-order valence-corrected chi connectivity index (χ3v) is 4.53. The van der Waals surface area contributed by atoms with Gasteiger partial charge in [-0.15, -0.1) is 0 Å². The van der Waals surface area contributed by atoms with Crippen molar-refractivity contribution in [3.63, 3.8) is 0 Å². The van der Waals surface area contributed by atoms with Gasteiger partial charge in [0, 0.05) is 12.5 Å². The van der Waals surface area contributed by atoms with Crippen LogP contribution in [0, 0.1) is 13.8 Å². The van der Waals surface area contributed by atoms with E-state index in [1.165, 1.54) is 27.8 Å². The molecule has 0 bridgehead atoms. The summed E-state index contributed by atoms with van der Waals surface area (Å²) >= 11 is 0. The first-order chi connectivity index (χ1) is 10.1. The second-order valence-corrected chi connectivity index (χ2v) is 6.20. The third kappa shape index (κ3) is 2.74. The molecule has 0 saturated heterocycles. The van der Waals surface area contributed by atoms with E-state index < -0.39 is 0 Å². The molecule has 0 amide bonds. The molecule has 2 aromatic rings. The first-order valence-electron chi connectivity index (χ1n) is 7.65. The van der Waals surface area contributed by atoms with Crippen LogP contribution in [-0.4, -0.2) is 11.2 Å². The first-order valence-corrected chi connectivity index (χ1v) is 7.65. The fraction of sp³-hybridized carbons (Fsp3) is 0.368. The zero-order valence-electron chi connectivity index (χ0n) is 12.9. The van der Waals surface area contributed by atoms with Crippen molar-refractivity contribution in [2.75, 3.05) is 0 Å². The molecular weight excluding hydrogens is 258 g/mol. The zero-order valence-corrected chi connectivity index (χ0v) is 12.9. The average molecular weight is 281 g/mol. The number of nitrogens with one attached hydrogen (secondary N) is 1. The molecule has 0 aliphatic heterocycles. The van der Waals surface area contributed by atoms with Crippen LogP contribution < -0.4 is 5.32 Å². The fourth-order valence-electron chi connectivity index (χ4n) is 3.45. The third-order valence-electron chi connectivity index (χ3n) is 4.53. The van der Waals surface area contributed by atoms with E-state index in [4.69, 9.17) is 0 Å². The Morgan fingerprint density at radius 3 is 2.67 bits per heavy atom. The van der Waals surface area contributed by atoms with Gasteiger partial charge in [-0.3, -0.25) is 0 Å². The Labute approximate surface area is 126 Å². The van der Waals surface area contributed by atoms with Gasteiger partial charge in [0.25, 0.3) is 0 Å². The molecule has 110 valence electrons. The standard InChI is InChI=1S/C19H23NO/c1-12-8-9-16(13(2)10-12)14(3)20-19-17-7-5-4-6-15(17)11-18(19)21/h4-10,14,18-21H,11H2,1-3H3. The summed E-state index contributed by atoms with van der Waals surface area (Å²) in [4.78, 5) is 0. The lowest BCUT2D eigenvalue weighted by Gasteiger charge is -2.24. The summed E-state index contributed by atoms with van der Waals surface area (Å²) in [5.74, 6) is 0. The quantitative estimate of drug-likeness (QED) is 0.900. The molecule has 0 spiro atoms. The molecule has 21 heavy (non-hydrogen) atoms. The lowest BCUT2D eigenvalue weighted by atomic mass is 9.98. The summed E-state index contributed by atoms with van der Waals surface area (Å²) in [6.45, 7) is 6.44. The molecule has 2 aromatic carbocycles. The molecule has 1 aliphatic rings. The van der Waals surface area contributed by atoms with E-state index >= 15 is 0 Å². The van der Waals surface area contributed by atoms with Gasteiger partial charge in [-0.25, -0.2) is 0 Å². The minimum atomic E-state index is -0.337. The minimum absolute atomic E-state index is 0.0249. The maximum absolute atomic E-state index is 10.4. The summed E-state index contributed by atoms with van der Waals surface area (Å²) in [6, 6.07) is 15.1. The van der Waals surface area contributed by atoms with E-state index in [0.29, 0.717) is 0 Å². The molecule has 0 aromatic heterocycles. The van der Waals surface area contributed by atoms with Crippen LogP contribution in [0.3, 0.4) is 0 Å². The van der Waals surface area contributed by atoms with Gasteiger partial charge in [0.1, 0.15) is 0 Å². The molecule has 1 aliphatic carbocycles. The largest absolute Gasteiger partial charge is 0.391 e. The maximum Gasteiger partial charge on any atom is 0.0775 e. The summed E-state index contributed by atoms with van der Waals surface area (Å²) in [5.41, 5.74) is 6.39. The summed E-state index contributed by atoms with van der Waals surface area (Å²) in [7, 11) is 0. The number of aryl methyl sites for hydroxylation is 2. The predicted molar refractivity (Wildman–Crippen MR) is 86.4 cm³/mol. The average Bonchev–Trinajstić information content (AvgIpc) is 2.75. The van der Waals surface area contributed by atoms with E-state index in [1.54, 1.807) is 0 Å². The lowest BCUT2D eigenvalue weighted by Crippen LogP contribution is -2.31. The predicted octanol–water partition coefficient (Wildman–Crippen LogP) is 3.61. The van der Waals surface area contributed by atoms with Crippen molar-refractivity contribution in [3.05, 3.63) is 70.3 Å². The van der Waals surface area contributed by atoms with Crippen LogP contribution in [0.4, 0.5) is 0 Å². The fourth-order valence-corrected chi connectivity index (χ4v) is 3.45. The Balaban J connectivity index is 1.83. The van der Waals surface area contributed by atoms with Crippen LogP contribution in [0.15, 0.2) is 42.5 Å².